The van der Waals surface area contributed by atoms with Crippen molar-refractivity contribution < 1.29 is 4.39 Å². The Morgan fingerprint density at radius 3 is 2.71 bits per heavy atom. The molecule has 1 N–H and O–H groups in total. The van der Waals surface area contributed by atoms with Crippen LogP contribution in [0.3, 0.4) is 0 Å². The third kappa shape index (κ3) is 2.87. The van der Waals surface area contributed by atoms with E-state index in [9.17, 15) is 4.39 Å². The van der Waals surface area contributed by atoms with Gasteiger partial charge in [0.1, 0.15) is 11.3 Å². The van der Waals surface area contributed by atoms with Crippen LogP contribution < -0.4 is 5.32 Å². The summed E-state index contributed by atoms with van der Waals surface area (Å²) in [6.45, 7) is 4.97. The number of benzene rings is 1. The van der Waals surface area contributed by atoms with E-state index < -0.39 is 0 Å². The summed E-state index contributed by atoms with van der Waals surface area (Å²) in [5.41, 5.74) is 3.55. The van der Waals surface area contributed by atoms with Gasteiger partial charge in [-0.25, -0.2) is 9.37 Å². The van der Waals surface area contributed by atoms with Crippen LogP contribution >= 0.6 is 0 Å². The lowest BCUT2D eigenvalue weighted by atomic mass is 10.0. The van der Waals surface area contributed by atoms with Crippen LogP contribution in [0, 0.1) is 12.7 Å². The van der Waals surface area contributed by atoms with Gasteiger partial charge in [0.15, 0.2) is 0 Å². The summed E-state index contributed by atoms with van der Waals surface area (Å²) in [7, 11) is 0. The van der Waals surface area contributed by atoms with Crippen LogP contribution in [0.25, 0.3) is 10.9 Å². The first-order valence-electron chi connectivity index (χ1n) is 8.03. The molecule has 112 valence electrons. The summed E-state index contributed by atoms with van der Waals surface area (Å²) in [6.07, 6.45) is 5.94. The second-order valence-electron chi connectivity index (χ2n) is 6.15. The Morgan fingerprint density at radius 1 is 1.24 bits per heavy atom. The molecule has 1 aromatic carbocycles. The Kier molecular flexibility index (Phi) is 4.09. The van der Waals surface area contributed by atoms with Gasteiger partial charge in [-0.15, -0.1) is 0 Å². The first kappa shape index (κ1) is 14.3. The average molecular weight is 286 g/mol. The summed E-state index contributed by atoms with van der Waals surface area (Å²) in [6, 6.07) is 5.76. The number of aryl methyl sites for hydroxylation is 1. The molecule has 2 aromatic rings. The molecule has 3 heteroatoms. The van der Waals surface area contributed by atoms with Crippen molar-refractivity contribution in [3.8, 4) is 0 Å². The Morgan fingerprint density at radius 2 is 2.00 bits per heavy atom. The predicted octanol–water partition coefficient (Wildman–Crippen LogP) is 5.16. The van der Waals surface area contributed by atoms with Gasteiger partial charge in [0.05, 0.1) is 0 Å². The molecule has 1 aliphatic rings. The van der Waals surface area contributed by atoms with Crippen LogP contribution in [0.4, 0.5) is 10.1 Å². The third-order valence-electron chi connectivity index (χ3n) is 4.37. The van der Waals surface area contributed by atoms with Crippen LogP contribution in [0.5, 0.6) is 0 Å². The van der Waals surface area contributed by atoms with Gasteiger partial charge < -0.3 is 5.32 Å². The molecule has 0 atom stereocenters. The van der Waals surface area contributed by atoms with Crippen molar-refractivity contribution in [1.82, 2.24) is 4.98 Å². The lowest BCUT2D eigenvalue weighted by molar-refractivity contribution is 0.632. The van der Waals surface area contributed by atoms with Gasteiger partial charge in [-0.2, -0.15) is 0 Å². The van der Waals surface area contributed by atoms with E-state index in [1.165, 1.54) is 25.7 Å². The quantitative estimate of drug-likeness (QED) is 0.839. The van der Waals surface area contributed by atoms with Crippen LogP contribution in [-0.4, -0.2) is 11.5 Å². The molecule has 0 radical (unpaired) electrons. The molecule has 2 nitrogen and oxygen atoms in total. The Bertz CT molecular complexity index is 645. The lowest BCUT2D eigenvalue weighted by Crippen LogP contribution is -2.05. The lowest BCUT2D eigenvalue weighted by Gasteiger charge is -2.15. The Labute approximate surface area is 125 Å². The van der Waals surface area contributed by atoms with Crippen molar-refractivity contribution in [2.45, 2.75) is 51.9 Å². The van der Waals surface area contributed by atoms with E-state index in [1.54, 1.807) is 6.07 Å². The number of nitrogens with one attached hydrogen (secondary N) is 1. The summed E-state index contributed by atoms with van der Waals surface area (Å²) < 4.78 is 14.3. The number of nitrogens with zero attached hydrogens (tertiary/aromatic N) is 1. The highest BCUT2D eigenvalue weighted by Gasteiger charge is 2.20. The second-order valence-corrected chi connectivity index (χ2v) is 6.15. The molecular formula is C18H23FN2. The molecule has 1 fully saturated rings. The third-order valence-corrected chi connectivity index (χ3v) is 4.37. The van der Waals surface area contributed by atoms with Crippen molar-refractivity contribution in [3.05, 3.63) is 35.3 Å². The maximum absolute atomic E-state index is 14.3. The molecule has 1 heterocycles. The van der Waals surface area contributed by atoms with E-state index in [2.05, 4.69) is 23.3 Å². The predicted molar refractivity (Wildman–Crippen MR) is 86.4 cm³/mol. The molecule has 1 aliphatic carbocycles. The second kappa shape index (κ2) is 6.00. The Balaban J connectivity index is 2.13. The van der Waals surface area contributed by atoms with Crippen LogP contribution in [0.1, 0.15) is 56.2 Å². The summed E-state index contributed by atoms with van der Waals surface area (Å²) in [5, 5.41) is 4.35. The van der Waals surface area contributed by atoms with Crippen molar-refractivity contribution in [2.75, 3.05) is 11.9 Å². The van der Waals surface area contributed by atoms with Crippen molar-refractivity contribution in [3.63, 3.8) is 0 Å². The zero-order chi connectivity index (χ0) is 14.8. The fourth-order valence-electron chi connectivity index (χ4n) is 3.28. The molecule has 3 rings (SSSR count). The number of hydrogen-bond donors (Lipinski definition) is 1. The van der Waals surface area contributed by atoms with Crippen LogP contribution in [0.15, 0.2) is 18.2 Å². The monoisotopic (exact) mass is 286 g/mol. The fourth-order valence-corrected chi connectivity index (χ4v) is 3.28. The molecular weight excluding hydrogens is 263 g/mol. The maximum Gasteiger partial charge on any atom is 0.149 e. The zero-order valence-corrected chi connectivity index (χ0v) is 12.9. The number of halogens is 1. The SMILES string of the molecule is CCCNc1cc(C2CCCC2)nc2c(F)cc(C)cc12. The number of anilines is 1. The van der Waals surface area contributed by atoms with Crippen molar-refractivity contribution >= 4 is 16.6 Å². The van der Waals surface area contributed by atoms with E-state index in [-0.39, 0.29) is 5.82 Å². The summed E-state index contributed by atoms with van der Waals surface area (Å²) >= 11 is 0. The first-order chi connectivity index (χ1) is 10.2. The Hall–Kier alpha value is -1.64. The largest absolute Gasteiger partial charge is 0.384 e. The zero-order valence-electron chi connectivity index (χ0n) is 12.9. The number of pyridine rings is 1. The molecule has 0 saturated heterocycles. The first-order valence-corrected chi connectivity index (χ1v) is 8.03. The highest BCUT2D eigenvalue weighted by molar-refractivity contribution is 5.92. The number of aromatic nitrogens is 1. The molecule has 0 unspecified atom stereocenters. The minimum Gasteiger partial charge on any atom is -0.384 e. The molecule has 0 bridgehead atoms. The summed E-state index contributed by atoms with van der Waals surface area (Å²) in [5.74, 6) is 0.293. The smallest absolute Gasteiger partial charge is 0.149 e. The highest BCUT2D eigenvalue weighted by Crippen LogP contribution is 2.36. The van der Waals surface area contributed by atoms with E-state index >= 15 is 0 Å². The fraction of sp³-hybridized carbons (Fsp3) is 0.500. The van der Waals surface area contributed by atoms with E-state index in [1.807, 2.05) is 13.0 Å². The molecule has 1 saturated carbocycles. The van der Waals surface area contributed by atoms with Gasteiger partial charge in [0.25, 0.3) is 0 Å². The van der Waals surface area contributed by atoms with Crippen molar-refractivity contribution in [1.29, 1.82) is 0 Å². The van der Waals surface area contributed by atoms with Gasteiger partial charge in [-0.1, -0.05) is 19.8 Å². The minimum atomic E-state index is -0.204. The number of fused-ring (bicyclic) bond motifs is 1. The van der Waals surface area contributed by atoms with E-state index in [0.717, 1.165) is 35.3 Å². The van der Waals surface area contributed by atoms with E-state index in [4.69, 9.17) is 0 Å². The molecule has 0 amide bonds. The summed E-state index contributed by atoms with van der Waals surface area (Å²) in [4.78, 5) is 4.65. The van der Waals surface area contributed by atoms with Gasteiger partial charge in [0, 0.05) is 29.2 Å². The molecule has 21 heavy (non-hydrogen) atoms. The standard InChI is InChI=1S/C18H23FN2/c1-3-8-20-17-11-16(13-6-4-5-7-13)21-18-14(17)9-12(2)10-15(18)19/h9-11,13H,3-8H2,1-2H3,(H,20,21). The van der Waals surface area contributed by atoms with Gasteiger partial charge in [-0.3, -0.25) is 0 Å². The highest BCUT2D eigenvalue weighted by atomic mass is 19.1. The number of hydrogen-bond acceptors (Lipinski definition) is 2. The van der Waals surface area contributed by atoms with Crippen molar-refractivity contribution in [2.24, 2.45) is 0 Å². The topological polar surface area (TPSA) is 24.9 Å². The van der Waals surface area contributed by atoms with Gasteiger partial charge >= 0.3 is 0 Å². The van der Waals surface area contributed by atoms with Gasteiger partial charge in [-0.05, 0) is 49.9 Å². The number of rotatable bonds is 4. The molecule has 1 aromatic heterocycles. The van der Waals surface area contributed by atoms with Gasteiger partial charge in [0.2, 0.25) is 0 Å². The van der Waals surface area contributed by atoms with E-state index in [0.29, 0.717) is 11.4 Å². The minimum absolute atomic E-state index is 0.204. The molecule has 0 spiro atoms. The van der Waals surface area contributed by atoms with Crippen LogP contribution in [0.2, 0.25) is 0 Å². The van der Waals surface area contributed by atoms with Crippen LogP contribution in [-0.2, 0) is 0 Å². The molecule has 0 aliphatic heterocycles. The average Bonchev–Trinajstić information content (AvgIpc) is 2.99. The normalized spacial score (nSPS) is 15.8. The maximum atomic E-state index is 14.3.